The number of nitrogens with two attached hydrogens (primary N) is 1. The van der Waals surface area contributed by atoms with Gasteiger partial charge in [0.1, 0.15) is 11.6 Å². The molecule has 3 rings (SSSR count). The van der Waals surface area contributed by atoms with Gasteiger partial charge >= 0.3 is 0 Å². The first-order valence-electron chi connectivity index (χ1n) is 6.21. The molecule has 0 aliphatic carbocycles. The predicted molar refractivity (Wildman–Crippen MR) is 68.6 cm³/mol. The van der Waals surface area contributed by atoms with Crippen molar-refractivity contribution in [3.8, 4) is 0 Å². The first-order valence-corrected chi connectivity index (χ1v) is 6.21. The molecule has 2 aromatic rings. The van der Waals surface area contributed by atoms with Crippen molar-refractivity contribution in [2.75, 3.05) is 18.0 Å². The highest BCUT2D eigenvalue weighted by atomic mass is 19.1. The van der Waals surface area contributed by atoms with Gasteiger partial charge < -0.3 is 10.6 Å². The van der Waals surface area contributed by atoms with Gasteiger partial charge in [0.05, 0.1) is 18.4 Å². The molecule has 1 atom stereocenters. The maximum atomic E-state index is 12.8. The molecule has 1 unspecified atom stereocenters. The van der Waals surface area contributed by atoms with Crippen molar-refractivity contribution < 1.29 is 9.18 Å². The second-order valence-corrected chi connectivity index (χ2v) is 4.67. The van der Waals surface area contributed by atoms with Crippen molar-refractivity contribution in [2.24, 2.45) is 5.73 Å². The van der Waals surface area contributed by atoms with Crippen molar-refractivity contribution >= 4 is 11.7 Å². The van der Waals surface area contributed by atoms with Gasteiger partial charge in [-0.1, -0.05) is 5.21 Å². The molecule has 0 spiro atoms. The van der Waals surface area contributed by atoms with E-state index in [1.165, 1.54) is 12.3 Å². The minimum Gasteiger partial charge on any atom is -0.364 e. The second-order valence-electron chi connectivity index (χ2n) is 4.67. The van der Waals surface area contributed by atoms with Gasteiger partial charge in [0, 0.05) is 13.1 Å². The Morgan fingerprint density at radius 3 is 2.95 bits per heavy atom. The van der Waals surface area contributed by atoms with E-state index in [4.69, 9.17) is 5.73 Å². The molecule has 3 heterocycles. The number of nitrogens with zero attached hydrogens (tertiary/aromatic N) is 5. The number of anilines is 1. The van der Waals surface area contributed by atoms with Crippen LogP contribution in [0.2, 0.25) is 0 Å². The fourth-order valence-electron chi connectivity index (χ4n) is 2.29. The highest BCUT2D eigenvalue weighted by molar-refractivity contribution is 5.90. The number of rotatable bonds is 3. The molecule has 8 heteroatoms. The third-order valence-corrected chi connectivity index (χ3v) is 3.34. The standard InChI is InChI=1S/C12H13FN6O/c13-8-1-2-11(15-5-8)18-4-3-9(6-18)19-7-10(12(14)20)16-17-19/h1-2,5,7,9H,3-4,6H2,(H2,14,20). The van der Waals surface area contributed by atoms with Gasteiger partial charge in [0.2, 0.25) is 0 Å². The Labute approximate surface area is 114 Å². The van der Waals surface area contributed by atoms with Crippen LogP contribution in [0.1, 0.15) is 23.0 Å². The Morgan fingerprint density at radius 1 is 1.45 bits per heavy atom. The summed E-state index contributed by atoms with van der Waals surface area (Å²) in [6.45, 7) is 1.47. The van der Waals surface area contributed by atoms with Crippen LogP contribution >= 0.6 is 0 Å². The van der Waals surface area contributed by atoms with E-state index in [1.807, 2.05) is 4.90 Å². The third kappa shape index (κ3) is 2.31. The summed E-state index contributed by atoms with van der Waals surface area (Å²) in [7, 11) is 0. The Morgan fingerprint density at radius 2 is 2.30 bits per heavy atom. The quantitative estimate of drug-likeness (QED) is 0.874. The average molecular weight is 276 g/mol. The number of carbonyl (C=O) groups is 1. The van der Waals surface area contributed by atoms with Crippen LogP contribution in [-0.4, -0.2) is 39.0 Å². The fourth-order valence-corrected chi connectivity index (χ4v) is 2.29. The molecule has 1 amide bonds. The van der Waals surface area contributed by atoms with E-state index in [0.717, 1.165) is 18.8 Å². The van der Waals surface area contributed by atoms with Crippen molar-refractivity contribution in [1.82, 2.24) is 20.0 Å². The molecule has 1 fully saturated rings. The second kappa shape index (κ2) is 4.87. The van der Waals surface area contributed by atoms with Crippen molar-refractivity contribution in [3.05, 3.63) is 36.0 Å². The molecule has 104 valence electrons. The first-order chi connectivity index (χ1) is 9.63. The van der Waals surface area contributed by atoms with Crippen molar-refractivity contribution in [1.29, 1.82) is 0 Å². The Kier molecular flexibility index (Phi) is 3.05. The molecular formula is C12H13FN6O. The molecule has 1 aliphatic heterocycles. The zero-order valence-electron chi connectivity index (χ0n) is 10.6. The number of pyridine rings is 1. The number of primary amides is 1. The lowest BCUT2D eigenvalue weighted by Gasteiger charge is -2.17. The fraction of sp³-hybridized carbons (Fsp3) is 0.333. The van der Waals surface area contributed by atoms with Crippen LogP contribution in [0.15, 0.2) is 24.5 Å². The van der Waals surface area contributed by atoms with Crippen LogP contribution < -0.4 is 10.6 Å². The maximum Gasteiger partial charge on any atom is 0.270 e. The van der Waals surface area contributed by atoms with E-state index < -0.39 is 5.91 Å². The molecule has 0 aromatic carbocycles. The van der Waals surface area contributed by atoms with E-state index in [-0.39, 0.29) is 17.6 Å². The highest BCUT2D eigenvalue weighted by Crippen LogP contribution is 2.25. The molecular weight excluding hydrogens is 263 g/mol. The van der Waals surface area contributed by atoms with E-state index in [2.05, 4.69) is 15.3 Å². The average Bonchev–Trinajstić information content (AvgIpc) is 3.08. The van der Waals surface area contributed by atoms with E-state index in [1.54, 1.807) is 16.9 Å². The molecule has 7 nitrogen and oxygen atoms in total. The summed E-state index contributed by atoms with van der Waals surface area (Å²) >= 11 is 0. The molecule has 0 saturated carbocycles. The van der Waals surface area contributed by atoms with Crippen LogP contribution in [0.4, 0.5) is 10.2 Å². The number of amides is 1. The predicted octanol–water partition coefficient (Wildman–Crippen LogP) is 0.362. The van der Waals surface area contributed by atoms with E-state index in [9.17, 15) is 9.18 Å². The summed E-state index contributed by atoms with van der Waals surface area (Å²) in [5.41, 5.74) is 5.30. The van der Waals surface area contributed by atoms with Gasteiger partial charge in [-0.05, 0) is 18.6 Å². The summed E-state index contributed by atoms with van der Waals surface area (Å²) in [5.74, 6) is -0.220. The Balaban J connectivity index is 1.72. The zero-order valence-corrected chi connectivity index (χ0v) is 10.6. The van der Waals surface area contributed by atoms with Crippen LogP contribution in [-0.2, 0) is 0 Å². The van der Waals surface area contributed by atoms with Crippen LogP contribution in [0.3, 0.4) is 0 Å². The lowest BCUT2D eigenvalue weighted by Crippen LogP contribution is -2.22. The van der Waals surface area contributed by atoms with Gasteiger partial charge in [-0.3, -0.25) is 4.79 Å². The minimum absolute atomic E-state index is 0.0995. The van der Waals surface area contributed by atoms with Gasteiger partial charge in [-0.15, -0.1) is 5.10 Å². The normalized spacial score (nSPS) is 18.4. The molecule has 1 aliphatic rings. The molecule has 2 N–H and O–H groups in total. The number of aromatic nitrogens is 4. The smallest absolute Gasteiger partial charge is 0.270 e. The number of carbonyl (C=O) groups excluding carboxylic acids is 1. The molecule has 2 aromatic heterocycles. The molecule has 20 heavy (non-hydrogen) atoms. The van der Waals surface area contributed by atoms with Crippen LogP contribution in [0.5, 0.6) is 0 Å². The topological polar surface area (TPSA) is 89.9 Å². The van der Waals surface area contributed by atoms with Crippen molar-refractivity contribution in [2.45, 2.75) is 12.5 Å². The largest absolute Gasteiger partial charge is 0.364 e. The van der Waals surface area contributed by atoms with Gasteiger partial charge in [0.15, 0.2) is 5.69 Å². The summed E-state index contributed by atoms with van der Waals surface area (Å²) in [4.78, 5) is 17.1. The molecule has 0 bridgehead atoms. The third-order valence-electron chi connectivity index (χ3n) is 3.34. The van der Waals surface area contributed by atoms with Gasteiger partial charge in [-0.25, -0.2) is 14.1 Å². The monoisotopic (exact) mass is 276 g/mol. The number of hydrogen-bond acceptors (Lipinski definition) is 5. The lowest BCUT2D eigenvalue weighted by atomic mass is 10.3. The lowest BCUT2D eigenvalue weighted by molar-refractivity contribution is 0.0995. The summed E-state index contributed by atoms with van der Waals surface area (Å²) in [5, 5.41) is 7.64. The highest BCUT2D eigenvalue weighted by Gasteiger charge is 2.26. The summed E-state index contributed by atoms with van der Waals surface area (Å²) < 4.78 is 14.5. The maximum absolute atomic E-state index is 12.8. The summed E-state index contributed by atoms with van der Waals surface area (Å²) in [6, 6.07) is 3.13. The Bertz CT molecular complexity index is 625. The molecule has 1 saturated heterocycles. The van der Waals surface area contributed by atoms with Gasteiger partial charge in [0.25, 0.3) is 5.91 Å². The van der Waals surface area contributed by atoms with Crippen LogP contribution in [0, 0.1) is 5.82 Å². The number of halogens is 1. The summed E-state index contributed by atoms with van der Waals surface area (Å²) in [6.07, 6.45) is 3.60. The molecule has 0 radical (unpaired) electrons. The SMILES string of the molecule is NC(=O)c1cn(C2CCN(c3ccc(F)cn3)C2)nn1. The number of hydrogen-bond donors (Lipinski definition) is 1. The van der Waals surface area contributed by atoms with Gasteiger partial charge in [-0.2, -0.15) is 0 Å². The Hall–Kier alpha value is -2.51. The van der Waals surface area contributed by atoms with E-state index in [0.29, 0.717) is 6.54 Å². The first kappa shape index (κ1) is 12.5. The van der Waals surface area contributed by atoms with Crippen molar-refractivity contribution in [3.63, 3.8) is 0 Å². The zero-order chi connectivity index (χ0) is 14.1. The minimum atomic E-state index is -0.591. The van der Waals surface area contributed by atoms with E-state index >= 15 is 0 Å². The van der Waals surface area contributed by atoms with Crippen LogP contribution in [0.25, 0.3) is 0 Å².